The van der Waals surface area contributed by atoms with Crippen molar-refractivity contribution >= 4 is 26.0 Å². The normalized spacial score (nSPS) is 11.7. The average Bonchev–Trinajstić information content (AvgIpc) is 2.31. The zero-order valence-electron chi connectivity index (χ0n) is 10.0. The van der Waals surface area contributed by atoms with E-state index in [1.807, 2.05) is 0 Å². The molecular weight excluding hydrogens is 326 g/mol. The van der Waals surface area contributed by atoms with Crippen molar-refractivity contribution < 1.29 is 8.42 Å². The van der Waals surface area contributed by atoms with Gasteiger partial charge in [-0.25, -0.2) is 17.9 Å². The van der Waals surface area contributed by atoms with Gasteiger partial charge in [0.25, 0.3) is 5.56 Å². The summed E-state index contributed by atoms with van der Waals surface area (Å²) in [7, 11) is -1.26. The number of aryl methyl sites for hydroxylation is 1. The summed E-state index contributed by atoms with van der Waals surface area (Å²) < 4.78 is 27.9. The van der Waals surface area contributed by atoms with Crippen LogP contribution in [0.15, 0.2) is 20.7 Å². The molecule has 0 radical (unpaired) electrons. The molecule has 1 heterocycles. The number of nitrogens with one attached hydrogen (secondary N) is 1. The maximum atomic E-state index is 11.9. The van der Waals surface area contributed by atoms with Crippen LogP contribution in [0.5, 0.6) is 0 Å². The van der Waals surface area contributed by atoms with E-state index in [1.165, 1.54) is 14.1 Å². The molecule has 0 aliphatic heterocycles. The number of rotatable bonds is 5. The van der Waals surface area contributed by atoms with Crippen LogP contribution < -0.4 is 16.0 Å². The molecule has 0 saturated carbocycles. The van der Waals surface area contributed by atoms with Gasteiger partial charge in [-0.2, -0.15) is 0 Å². The fraction of sp³-hybridized carbons (Fsp3) is 0.556. The topological polar surface area (TPSA) is 90.2 Å². The quantitative estimate of drug-likeness (QED) is 0.558. The zero-order valence-corrected chi connectivity index (χ0v) is 12.4. The number of nitrogens with zero attached hydrogens (tertiary/aromatic N) is 2. The number of halogens is 1. The molecule has 0 atom stereocenters. The second-order valence-corrected chi connectivity index (χ2v) is 6.22. The van der Waals surface area contributed by atoms with Gasteiger partial charge in [0.15, 0.2) is 4.90 Å². The summed E-state index contributed by atoms with van der Waals surface area (Å²) in [6, 6.07) is 0. The number of hydrogen-bond acceptors (Lipinski definition) is 4. The summed E-state index contributed by atoms with van der Waals surface area (Å²) >= 11 is 3.17. The molecule has 0 aliphatic carbocycles. The van der Waals surface area contributed by atoms with Crippen LogP contribution in [-0.2, 0) is 24.1 Å². The Morgan fingerprint density at radius 3 is 2.50 bits per heavy atom. The minimum atomic E-state index is -3.89. The Hall–Kier alpha value is -0.930. The van der Waals surface area contributed by atoms with Crippen molar-refractivity contribution in [1.82, 2.24) is 13.9 Å². The molecule has 0 fully saturated rings. The number of alkyl halides is 1. The molecule has 1 N–H and O–H groups in total. The Labute approximate surface area is 113 Å². The summed E-state index contributed by atoms with van der Waals surface area (Å²) in [4.78, 5) is 22.7. The molecule has 0 aromatic carbocycles. The average molecular weight is 340 g/mol. The van der Waals surface area contributed by atoms with Gasteiger partial charge in [0.05, 0.1) is 0 Å². The van der Waals surface area contributed by atoms with Crippen LogP contribution in [0.3, 0.4) is 0 Å². The highest BCUT2D eigenvalue weighted by Gasteiger charge is 2.20. The van der Waals surface area contributed by atoms with Gasteiger partial charge in [-0.1, -0.05) is 15.9 Å². The molecule has 102 valence electrons. The third kappa shape index (κ3) is 3.09. The van der Waals surface area contributed by atoms with Gasteiger partial charge in [-0.15, -0.1) is 0 Å². The third-order valence-electron chi connectivity index (χ3n) is 2.31. The lowest BCUT2D eigenvalue weighted by Crippen LogP contribution is -2.41. The van der Waals surface area contributed by atoms with Crippen molar-refractivity contribution in [2.24, 2.45) is 14.1 Å². The van der Waals surface area contributed by atoms with Crippen LogP contribution in [0.1, 0.15) is 6.42 Å². The largest absolute Gasteiger partial charge is 0.330 e. The molecule has 0 aliphatic rings. The smallest absolute Gasteiger partial charge is 0.302 e. The molecule has 0 saturated heterocycles. The number of aromatic nitrogens is 2. The Kier molecular flexibility index (Phi) is 4.88. The minimum Gasteiger partial charge on any atom is -0.302 e. The lowest BCUT2D eigenvalue weighted by molar-refractivity contribution is 0.570. The van der Waals surface area contributed by atoms with Crippen LogP contribution in [0, 0.1) is 0 Å². The fourth-order valence-electron chi connectivity index (χ4n) is 1.31. The lowest BCUT2D eigenvalue weighted by atomic mass is 10.5. The molecule has 0 bridgehead atoms. The minimum absolute atomic E-state index is 0.222. The van der Waals surface area contributed by atoms with E-state index < -0.39 is 26.2 Å². The monoisotopic (exact) mass is 339 g/mol. The molecule has 9 heteroatoms. The maximum Gasteiger partial charge on any atom is 0.330 e. The van der Waals surface area contributed by atoms with Crippen LogP contribution in [0.2, 0.25) is 0 Å². The first-order valence-corrected chi connectivity index (χ1v) is 7.74. The predicted molar refractivity (Wildman–Crippen MR) is 70.5 cm³/mol. The van der Waals surface area contributed by atoms with E-state index in [0.29, 0.717) is 11.8 Å². The van der Waals surface area contributed by atoms with E-state index in [2.05, 4.69) is 20.7 Å². The molecule has 0 unspecified atom stereocenters. The Morgan fingerprint density at radius 2 is 1.94 bits per heavy atom. The van der Waals surface area contributed by atoms with E-state index in [0.717, 1.165) is 15.3 Å². The summed E-state index contributed by atoms with van der Waals surface area (Å²) in [5.41, 5.74) is -1.40. The van der Waals surface area contributed by atoms with Crippen molar-refractivity contribution in [3.05, 3.63) is 27.0 Å². The van der Waals surface area contributed by atoms with Crippen LogP contribution in [-0.4, -0.2) is 29.4 Å². The Bertz CT molecular complexity index is 647. The van der Waals surface area contributed by atoms with Gasteiger partial charge in [0, 0.05) is 32.2 Å². The van der Waals surface area contributed by atoms with Crippen molar-refractivity contribution in [1.29, 1.82) is 0 Å². The van der Waals surface area contributed by atoms with E-state index in [1.54, 1.807) is 0 Å². The van der Waals surface area contributed by atoms with Crippen LogP contribution in [0.25, 0.3) is 0 Å². The highest BCUT2D eigenvalue weighted by atomic mass is 79.9. The summed E-state index contributed by atoms with van der Waals surface area (Å²) in [5.74, 6) is 0. The first-order chi connectivity index (χ1) is 8.31. The first-order valence-electron chi connectivity index (χ1n) is 5.13. The second-order valence-electron chi connectivity index (χ2n) is 3.69. The molecule has 1 rings (SSSR count). The van der Waals surface area contributed by atoms with Gasteiger partial charge >= 0.3 is 5.69 Å². The molecular formula is C9H14BrN3O4S. The maximum absolute atomic E-state index is 11.9. The van der Waals surface area contributed by atoms with Gasteiger partial charge in [-0.05, 0) is 6.42 Å². The molecule has 0 spiro atoms. The lowest BCUT2D eigenvalue weighted by Gasteiger charge is -2.08. The van der Waals surface area contributed by atoms with E-state index >= 15 is 0 Å². The Morgan fingerprint density at radius 1 is 1.33 bits per heavy atom. The SMILES string of the molecule is Cn1cc(S(=O)(=O)NCCCBr)c(=O)n(C)c1=O. The van der Waals surface area contributed by atoms with E-state index in [9.17, 15) is 18.0 Å². The van der Waals surface area contributed by atoms with E-state index in [4.69, 9.17) is 0 Å². The molecule has 0 amide bonds. The molecule has 7 nitrogen and oxygen atoms in total. The van der Waals surface area contributed by atoms with Crippen molar-refractivity contribution in [2.75, 3.05) is 11.9 Å². The predicted octanol–water partition coefficient (Wildman–Crippen LogP) is -0.853. The van der Waals surface area contributed by atoms with Crippen LogP contribution in [0.4, 0.5) is 0 Å². The van der Waals surface area contributed by atoms with Gasteiger partial charge in [0.1, 0.15) is 0 Å². The van der Waals surface area contributed by atoms with Gasteiger partial charge in [0.2, 0.25) is 10.0 Å². The standard InChI is InChI=1S/C9H14BrN3O4S/c1-12-6-7(8(14)13(2)9(12)15)18(16,17)11-5-3-4-10/h6,11H,3-5H2,1-2H3. The fourth-order valence-corrected chi connectivity index (χ4v) is 2.82. The van der Waals surface area contributed by atoms with E-state index in [-0.39, 0.29) is 6.54 Å². The summed E-state index contributed by atoms with van der Waals surface area (Å²) in [6.45, 7) is 0.222. The van der Waals surface area contributed by atoms with Crippen molar-refractivity contribution in [3.63, 3.8) is 0 Å². The van der Waals surface area contributed by atoms with Gasteiger partial charge < -0.3 is 4.57 Å². The van der Waals surface area contributed by atoms with Crippen LogP contribution >= 0.6 is 15.9 Å². The van der Waals surface area contributed by atoms with Crippen molar-refractivity contribution in [2.45, 2.75) is 11.3 Å². The molecule has 1 aromatic rings. The summed E-state index contributed by atoms with van der Waals surface area (Å²) in [5, 5.41) is 0.654. The summed E-state index contributed by atoms with van der Waals surface area (Å²) in [6.07, 6.45) is 1.63. The number of hydrogen-bond donors (Lipinski definition) is 1. The Balaban J connectivity index is 3.26. The molecule has 18 heavy (non-hydrogen) atoms. The number of sulfonamides is 1. The third-order valence-corrected chi connectivity index (χ3v) is 4.31. The highest BCUT2D eigenvalue weighted by molar-refractivity contribution is 9.09. The van der Waals surface area contributed by atoms with Crippen molar-refractivity contribution in [3.8, 4) is 0 Å². The highest BCUT2D eigenvalue weighted by Crippen LogP contribution is 2.00. The second kappa shape index (κ2) is 5.81. The molecule has 1 aromatic heterocycles. The first kappa shape index (κ1) is 15.1. The zero-order chi connectivity index (χ0) is 13.9. The van der Waals surface area contributed by atoms with Gasteiger partial charge in [-0.3, -0.25) is 9.36 Å².